The zero-order chi connectivity index (χ0) is 16.2. The highest BCUT2D eigenvalue weighted by atomic mass is 79.9. The molecule has 0 bridgehead atoms. The van der Waals surface area contributed by atoms with E-state index in [0.29, 0.717) is 16.6 Å². The van der Waals surface area contributed by atoms with Crippen molar-refractivity contribution in [2.24, 2.45) is 0 Å². The Labute approximate surface area is 145 Å². The molecule has 3 rings (SSSR count). The monoisotopic (exact) mass is 390 g/mol. The summed E-state index contributed by atoms with van der Waals surface area (Å²) >= 11 is 4.69. The molecule has 0 aliphatic carbocycles. The first-order valence-corrected chi connectivity index (χ1v) is 8.54. The molecule has 1 heterocycles. The van der Waals surface area contributed by atoms with Crippen molar-refractivity contribution in [2.45, 2.75) is 6.54 Å². The smallest absolute Gasteiger partial charge is 0.252 e. The Morgan fingerprint density at radius 3 is 2.74 bits per heavy atom. The number of carbonyl (C=O) groups is 1. The van der Waals surface area contributed by atoms with E-state index in [9.17, 15) is 9.18 Å². The largest absolute Gasteiger partial charge is 0.345 e. The number of benzene rings is 2. The molecule has 23 heavy (non-hydrogen) atoms. The molecule has 1 amide bonds. The van der Waals surface area contributed by atoms with Crippen LogP contribution in [-0.4, -0.2) is 10.9 Å². The Balaban J connectivity index is 1.67. The molecule has 0 saturated carbocycles. The second-order valence-electron chi connectivity index (χ2n) is 4.80. The van der Waals surface area contributed by atoms with Crippen LogP contribution >= 0.6 is 27.3 Å². The van der Waals surface area contributed by atoms with Gasteiger partial charge < -0.3 is 5.32 Å². The normalized spacial score (nSPS) is 10.5. The first-order valence-electron chi connectivity index (χ1n) is 6.86. The summed E-state index contributed by atoms with van der Waals surface area (Å²) in [6.45, 7) is 0.333. The van der Waals surface area contributed by atoms with Crippen LogP contribution < -0.4 is 5.32 Å². The minimum atomic E-state index is -0.388. The van der Waals surface area contributed by atoms with Crippen LogP contribution in [0.2, 0.25) is 0 Å². The Morgan fingerprint density at radius 1 is 1.22 bits per heavy atom. The zero-order valence-electron chi connectivity index (χ0n) is 11.9. The summed E-state index contributed by atoms with van der Waals surface area (Å²) in [7, 11) is 0. The number of nitrogens with zero attached hydrogens (tertiary/aromatic N) is 1. The molecule has 0 unspecified atom stereocenters. The number of thiazole rings is 1. The molecule has 0 saturated heterocycles. The molecule has 0 spiro atoms. The summed E-state index contributed by atoms with van der Waals surface area (Å²) in [5.41, 5.74) is 2.33. The fraction of sp³-hybridized carbons (Fsp3) is 0.0588. The molecule has 0 atom stereocenters. The van der Waals surface area contributed by atoms with Crippen LogP contribution in [0.25, 0.3) is 11.3 Å². The predicted octanol–water partition coefficient (Wildman–Crippen LogP) is 4.64. The first-order chi connectivity index (χ1) is 11.1. The Bertz CT molecular complexity index is 836. The van der Waals surface area contributed by atoms with Gasteiger partial charge in [0.2, 0.25) is 0 Å². The molecule has 0 fully saturated rings. The van der Waals surface area contributed by atoms with E-state index in [-0.39, 0.29) is 11.7 Å². The molecule has 1 N–H and O–H groups in total. The molecule has 116 valence electrons. The maximum atomic E-state index is 13.1. The van der Waals surface area contributed by atoms with Crippen LogP contribution in [0.15, 0.2) is 58.4 Å². The minimum Gasteiger partial charge on any atom is -0.345 e. The highest BCUT2D eigenvalue weighted by molar-refractivity contribution is 9.10. The standard InChI is InChI=1S/C17H12BrFN2OS/c18-14-8-12(19)6-7-13(14)17(22)20-9-16-21-15(10-23-16)11-4-2-1-3-5-11/h1-8,10H,9H2,(H,20,22). The second-order valence-corrected chi connectivity index (χ2v) is 6.60. The number of hydrogen-bond acceptors (Lipinski definition) is 3. The summed E-state index contributed by atoms with van der Waals surface area (Å²) in [5.74, 6) is -0.658. The maximum absolute atomic E-state index is 13.1. The van der Waals surface area contributed by atoms with Gasteiger partial charge in [-0.2, -0.15) is 0 Å². The maximum Gasteiger partial charge on any atom is 0.252 e. The number of amides is 1. The van der Waals surface area contributed by atoms with E-state index in [1.807, 2.05) is 35.7 Å². The van der Waals surface area contributed by atoms with Crippen LogP contribution in [0.4, 0.5) is 4.39 Å². The highest BCUT2D eigenvalue weighted by Gasteiger charge is 2.11. The molecule has 2 aromatic carbocycles. The third-order valence-electron chi connectivity index (χ3n) is 3.20. The van der Waals surface area contributed by atoms with Gasteiger partial charge in [-0.25, -0.2) is 9.37 Å². The molecule has 0 aliphatic rings. The summed E-state index contributed by atoms with van der Waals surface area (Å²) in [4.78, 5) is 16.7. The van der Waals surface area contributed by atoms with E-state index >= 15 is 0 Å². The number of hydrogen-bond donors (Lipinski definition) is 1. The van der Waals surface area contributed by atoms with Gasteiger partial charge in [0.25, 0.3) is 5.91 Å². The van der Waals surface area contributed by atoms with Gasteiger partial charge >= 0.3 is 0 Å². The second kappa shape index (κ2) is 7.02. The van der Waals surface area contributed by atoms with Gasteiger partial charge in [0.15, 0.2) is 0 Å². The van der Waals surface area contributed by atoms with Gasteiger partial charge in [-0.15, -0.1) is 11.3 Å². The van der Waals surface area contributed by atoms with Gasteiger partial charge in [-0.05, 0) is 34.1 Å². The Hall–Kier alpha value is -2.05. The molecule has 0 radical (unpaired) electrons. The van der Waals surface area contributed by atoms with Gasteiger partial charge in [0, 0.05) is 15.4 Å². The van der Waals surface area contributed by atoms with Crippen LogP contribution in [0.1, 0.15) is 15.4 Å². The quantitative estimate of drug-likeness (QED) is 0.704. The van der Waals surface area contributed by atoms with Crippen molar-refractivity contribution in [3.8, 4) is 11.3 Å². The summed E-state index contributed by atoms with van der Waals surface area (Å²) < 4.78 is 13.5. The summed E-state index contributed by atoms with van der Waals surface area (Å²) in [6, 6.07) is 13.8. The van der Waals surface area contributed by atoms with Crippen LogP contribution in [0.5, 0.6) is 0 Å². The predicted molar refractivity (Wildman–Crippen MR) is 92.8 cm³/mol. The molecule has 3 aromatic rings. The lowest BCUT2D eigenvalue weighted by atomic mass is 10.2. The summed E-state index contributed by atoms with van der Waals surface area (Å²) in [5, 5.41) is 5.58. The number of halogens is 2. The zero-order valence-corrected chi connectivity index (χ0v) is 14.3. The van der Waals surface area contributed by atoms with Gasteiger partial charge in [0.1, 0.15) is 10.8 Å². The average Bonchev–Trinajstić information content (AvgIpc) is 3.02. The van der Waals surface area contributed by atoms with Crippen molar-refractivity contribution in [1.82, 2.24) is 10.3 Å². The van der Waals surface area contributed by atoms with E-state index in [1.54, 1.807) is 0 Å². The van der Waals surface area contributed by atoms with E-state index in [2.05, 4.69) is 26.2 Å². The van der Waals surface area contributed by atoms with Crippen molar-refractivity contribution >= 4 is 33.2 Å². The SMILES string of the molecule is O=C(NCc1nc(-c2ccccc2)cs1)c1ccc(F)cc1Br. The topological polar surface area (TPSA) is 42.0 Å². The van der Waals surface area contributed by atoms with Gasteiger partial charge in [-0.1, -0.05) is 30.3 Å². The lowest BCUT2D eigenvalue weighted by Gasteiger charge is -2.05. The van der Waals surface area contributed by atoms with Crippen molar-refractivity contribution in [2.75, 3.05) is 0 Å². The van der Waals surface area contributed by atoms with Crippen molar-refractivity contribution in [1.29, 1.82) is 0 Å². The Morgan fingerprint density at radius 2 is 2.00 bits per heavy atom. The fourth-order valence-corrected chi connectivity index (χ4v) is 3.33. The van der Waals surface area contributed by atoms with Gasteiger partial charge in [0.05, 0.1) is 17.8 Å². The lowest BCUT2D eigenvalue weighted by Crippen LogP contribution is -2.23. The Kier molecular flexibility index (Phi) is 4.83. The lowest BCUT2D eigenvalue weighted by molar-refractivity contribution is 0.0950. The molecule has 6 heteroatoms. The molecule has 3 nitrogen and oxygen atoms in total. The number of nitrogens with one attached hydrogen (secondary N) is 1. The van der Waals surface area contributed by atoms with Crippen LogP contribution in [-0.2, 0) is 6.54 Å². The summed E-state index contributed by atoms with van der Waals surface area (Å²) in [6.07, 6.45) is 0. The molecular weight excluding hydrogens is 379 g/mol. The van der Waals surface area contributed by atoms with E-state index in [4.69, 9.17) is 0 Å². The average molecular weight is 391 g/mol. The van der Waals surface area contributed by atoms with Crippen LogP contribution in [0.3, 0.4) is 0 Å². The number of aromatic nitrogens is 1. The number of carbonyl (C=O) groups excluding carboxylic acids is 1. The molecular formula is C17H12BrFN2OS. The third-order valence-corrected chi connectivity index (χ3v) is 4.70. The van der Waals surface area contributed by atoms with E-state index in [1.165, 1.54) is 29.5 Å². The van der Waals surface area contributed by atoms with E-state index < -0.39 is 0 Å². The van der Waals surface area contributed by atoms with Gasteiger partial charge in [-0.3, -0.25) is 4.79 Å². The highest BCUT2D eigenvalue weighted by Crippen LogP contribution is 2.22. The third kappa shape index (κ3) is 3.83. The first kappa shape index (κ1) is 15.8. The fourth-order valence-electron chi connectivity index (χ4n) is 2.06. The molecule has 0 aliphatic heterocycles. The van der Waals surface area contributed by atoms with E-state index in [0.717, 1.165) is 16.3 Å². The van der Waals surface area contributed by atoms with Crippen molar-refractivity contribution < 1.29 is 9.18 Å². The number of rotatable bonds is 4. The van der Waals surface area contributed by atoms with Crippen molar-refractivity contribution in [3.63, 3.8) is 0 Å². The minimum absolute atomic E-state index is 0.270. The molecule has 1 aromatic heterocycles. The van der Waals surface area contributed by atoms with Crippen LogP contribution in [0, 0.1) is 5.82 Å². The van der Waals surface area contributed by atoms with Crippen molar-refractivity contribution in [3.05, 3.63) is 74.8 Å².